The first-order valence-electron chi connectivity index (χ1n) is 15.5. The quantitative estimate of drug-likeness (QED) is 0.484. The van der Waals surface area contributed by atoms with E-state index in [1.54, 1.807) is 6.92 Å². The maximum absolute atomic E-state index is 13.9. The monoisotopic (exact) mass is 498 g/mol. The molecule has 36 heavy (non-hydrogen) atoms. The average Bonchev–Trinajstić information content (AvgIpc) is 3.15. The van der Waals surface area contributed by atoms with Crippen molar-refractivity contribution in [1.29, 1.82) is 0 Å². The van der Waals surface area contributed by atoms with Crippen molar-refractivity contribution in [1.82, 2.24) is 9.80 Å². The Hall–Kier alpha value is -0.940. The van der Waals surface area contributed by atoms with Crippen LogP contribution in [-0.2, 0) is 14.3 Å². The maximum Gasteiger partial charge on any atom is 0.302 e. The Kier molecular flexibility index (Phi) is 6.80. The molecule has 0 N–H and O–H groups in total. The maximum atomic E-state index is 13.9. The molecule has 0 aromatic rings. The summed E-state index contributed by atoms with van der Waals surface area (Å²) in [6.07, 6.45) is 15.9. The molecule has 0 amide bonds. The van der Waals surface area contributed by atoms with Crippen LogP contribution in [0.1, 0.15) is 104 Å². The fourth-order valence-electron chi connectivity index (χ4n) is 10.5. The van der Waals surface area contributed by atoms with Gasteiger partial charge in [0.05, 0.1) is 6.04 Å². The predicted octanol–water partition coefficient (Wildman–Crippen LogP) is 5.46. The van der Waals surface area contributed by atoms with Crippen LogP contribution in [0, 0.1) is 34.5 Å². The molecule has 6 aliphatic rings. The highest BCUT2D eigenvalue weighted by atomic mass is 16.5. The van der Waals surface area contributed by atoms with E-state index in [2.05, 4.69) is 23.6 Å². The third kappa shape index (κ3) is 4.10. The summed E-state index contributed by atoms with van der Waals surface area (Å²) in [5.41, 5.74) is 0.197. The minimum atomic E-state index is -0.110. The van der Waals surface area contributed by atoms with Gasteiger partial charge in [-0.3, -0.25) is 19.4 Å². The molecule has 2 unspecified atom stereocenters. The van der Waals surface area contributed by atoms with Crippen LogP contribution in [0.4, 0.5) is 0 Å². The number of piperidine rings is 2. The number of fused-ring (bicyclic) bond motifs is 5. The van der Waals surface area contributed by atoms with E-state index in [9.17, 15) is 9.59 Å². The van der Waals surface area contributed by atoms with E-state index in [1.165, 1.54) is 64.2 Å². The Morgan fingerprint density at radius 3 is 2.19 bits per heavy atom. The molecule has 0 radical (unpaired) electrons. The molecule has 9 atom stereocenters. The summed E-state index contributed by atoms with van der Waals surface area (Å²) in [6.45, 7) is 11.1. The van der Waals surface area contributed by atoms with Crippen LogP contribution < -0.4 is 0 Å². The van der Waals surface area contributed by atoms with Gasteiger partial charge in [-0.1, -0.05) is 26.7 Å². The number of esters is 1. The van der Waals surface area contributed by atoms with Crippen molar-refractivity contribution in [3.05, 3.63) is 0 Å². The lowest BCUT2D eigenvalue weighted by Crippen LogP contribution is -2.60. The topological polar surface area (TPSA) is 49.9 Å². The van der Waals surface area contributed by atoms with Crippen molar-refractivity contribution in [2.75, 3.05) is 26.2 Å². The summed E-state index contributed by atoms with van der Waals surface area (Å²) < 4.78 is 6.04. The normalized spacial score (nSPS) is 48.1. The SMILES string of the molecule is CC(=O)O[C@H]1C[C@@H]2CC[C@H]3C4C[C@H](N5CCCCC5)C(=O)[C@@]4(C)CCC3[C@@]2(C)C[C@@H]1N1CCCCC1. The molecular weight excluding hydrogens is 448 g/mol. The van der Waals surface area contributed by atoms with E-state index < -0.39 is 0 Å². The molecule has 0 bridgehead atoms. The van der Waals surface area contributed by atoms with Crippen molar-refractivity contribution in [2.45, 2.75) is 122 Å². The second-order valence-electron chi connectivity index (χ2n) is 14.1. The second-order valence-corrected chi connectivity index (χ2v) is 14.1. The predicted molar refractivity (Wildman–Crippen MR) is 141 cm³/mol. The summed E-state index contributed by atoms with van der Waals surface area (Å²) in [5, 5.41) is 0. The largest absolute Gasteiger partial charge is 0.461 e. The number of carbonyl (C=O) groups is 2. The van der Waals surface area contributed by atoms with E-state index in [0.29, 0.717) is 40.9 Å². The number of ether oxygens (including phenoxy) is 1. The fraction of sp³-hybridized carbons (Fsp3) is 0.935. The van der Waals surface area contributed by atoms with E-state index in [0.717, 1.165) is 45.4 Å². The highest BCUT2D eigenvalue weighted by Gasteiger charge is 2.64. The number of rotatable bonds is 3. The molecule has 6 fully saturated rings. The highest BCUT2D eigenvalue weighted by molar-refractivity contribution is 5.92. The Bertz CT molecular complexity index is 849. The van der Waals surface area contributed by atoms with Gasteiger partial charge in [-0.05, 0) is 126 Å². The van der Waals surface area contributed by atoms with Gasteiger partial charge < -0.3 is 4.74 Å². The van der Waals surface area contributed by atoms with E-state index in [1.807, 2.05) is 0 Å². The van der Waals surface area contributed by atoms with Gasteiger partial charge in [0.25, 0.3) is 0 Å². The number of Topliss-reactive ketones (excluding diaryl/α,β-unsaturated/α-hetero) is 1. The van der Waals surface area contributed by atoms with Gasteiger partial charge >= 0.3 is 5.97 Å². The van der Waals surface area contributed by atoms with Crippen LogP contribution in [-0.4, -0.2) is 65.9 Å². The zero-order valence-electron chi connectivity index (χ0n) is 23.2. The highest BCUT2D eigenvalue weighted by Crippen LogP contribution is 2.66. The molecule has 2 heterocycles. The zero-order valence-corrected chi connectivity index (χ0v) is 23.2. The summed E-state index contributed by atoms with van der Waals surface area (Å²) in [4.78, 5) is 31.2. The fourth-order valence-corrected chi connectivity index (χ4v) is 10.5. The first kappa shape index (κ1) is 25.3. The van der Waals surface area contributed by atoms with Crippen molar-refractivity contribution in [2.24, 2.45) is 34.5 Å². The first-order chi connectivity index (χ1) is 17.3. The van der Waals surface area contributed by atoms with Crippen LogP contribution in [0.2, 0.25) is 0 Å². The van der Waals surface area contributed by atoms with Crippen LogP contribution >= 0.6 is 0 Å². The lowest BCUT2D eigenvalue weighted by Gasteiger charge is -2.62. The third-order valence-corrected chi connectivity index (χ3v) is 12.4. The third-order valence-electron chi connectivity index (χ3n) is 12.4. The summed E-state index contributed by atoms with van der Waals surface area (Å²) in [6, 6.07) is 0.555. The number of hydrogen-bond donors (Lipinski definition) is 0. The lowest BCUT2D eigenvalue weighted by atomic mass is 9.44. The number of likely N-dealkylation sites (tertiary alicyclic amines) is 2. The number of nitrogens with zero attached hydrogens (tertiary/aromatic N) is 2. The molecule has 5 nitrogen and oxygen atoms in total. The molecule has 2 aliphatic heterocycles. The van der Waals surface area contributed by atoms with Gasteiger partial charge in [0.15, 0.2) is 5.78 Å². The molecule has 0 aromatic heterocycles. The minimum Gasteiger partial charge on any atom is -0.461 e. The molecular formula is C31H50N2O3. The standard InChI is InChI=1S/C31H50N2O3/c1-21(34)36-28-18-22-10-11-23-24(31(22,3)20-27(28)33-16-8-5-9-17-33)12-13-30(2)25(23)19-26(29(30)35)32-14-6-4-7-15-32/h22-28H,4-20H2,1-3H3/t22-,23+,24?,25?,26-,27-,28-,30-,31-/m0/s1. The van der Waals surface area contributed by atoms with Crippen molar-refractivity contribution >= 4 is 11.8 Å². The number of hydrogen-bond acceptors (Lipinski definition) is 5. The van der Waals surface area contributed by atoms with Crippen molar-refractivity contribution in [3.8, 4) is 0 Å². The van der Waals surface area contributed by atoms with Gasteiger partial charge in [0.1, 0.15) is 6.10 Å². The van der Waals surface area contributed by atoms with E-state index in [-0.39, 0.29) is 23.5 Å². The van der Waals surface area contributed by atoms with Gasteiger partial charge in [0, 0.05) is 18.4 Å². The Morgan fingerprint density at radius 1 is 0.861 bits per heavy atom. The smallest absolute Gasteiger partial charge is 0.302 e. The van der Waals surface area contributed by atoms with Crippen LogP contribution in [0.5, 0.6) is 0 Å². The molecule has 202 valence electrons. The molecule has 4 aliphatic carbocycles. The molecule has 4 saturated carbocycles. The summed E-state index contributed by atoms with van der Waals surface area (Å²) >= 11 is 0. The average molecular weight is 499 g/mol. The zero-order chi connectivity index (χ0) is 25.1. The Morgan fingerprint density at radius 2 is 1.53 bits per heavy atom. The summed E-state index contributed by atoms with van der Waals surface area (Å²) in [5.74, 6) is 3.09. The molecule has 6 rings (SSSR count). The summed E-state index contributed by atoms with van der Waals surface area (Å²) in [7, 11) is 0. The van der Waals surface area contributed by atoms with Crippen LogP contribution in [0.15, 0.2) is 0 Å². The Labute approximate surface area is 219 Å². The van der Waals surface area contributed by atoms with Gasteiger partial charge in [-0.2, -0.15) is 0 Å². The van der Waals surface area contributed by atoms with Gasteiger partial charge in [0.2, 0.25) is 0 Å². The number of ketones is 1. The molecule has 0 spiro atoms. The lowest BCUT2D eigenvalue weighted by molar-refractivity contribution is -0.174. The van der Waals surface area contributed by atoms with Gasteiger partial charge in [-0.25, -0.2) is 0 Å². The Balaban J connectivity index is 1.25. The van der Waals surface area contributed by atoms with Crippen molar-refractivity contribution in [3.63, 3.8) is 0 Å². The molecule has 2 saturated heterocycles. The van der Waals surface area contributed by atoms with Crippen molar-refractivity contribution < 1.29 is 14.3 Å². The molecule has 5 heteroatoms. The molecule has 0 aromatic carbocycles. The number of carbonyl (C=O) groups excluding carboxylic acids is 2. The minimum absolute atomic E-state index is 0.0561. The van der Waals surface area contributed by atoms with Crippen LogP contribution in [0.3, 0.4) is 0 Å². The first-order valence-corrected chi connectivity index (χ1v) is 15.5. The second kappa shape index (κ2) is 9.67. The van der Waals surface area contributed by atoms with Crippen LogP contribution in [0.25, 0.3) is 0 Å². The van der Waals surface area contributed by atoms with Gasteiger partial charge in [-0.15, -0.1) is 0 Å². The van der Waals surface area contributed by atoms with E-state index in [4.69, 9.17) is 4.74 Å². The van der Waals surface area contributed by atoms with E-state index >= 15 is 0 Å².